The van der Waals surface area contributed by atoms with E-state index >= 15 is 0 Å². The molecule has 0 spiro atoms. The van der Waals surface area contributed by atoms with Gasteiger partial charge in [0.2, 0.25) is 0 Å². The van der Waals surface area contributed by atoms with E-state index < -0.39 is 31.1 Å². The summed E-state index contributed by atoms with van der Waals surface area (Å²) in [6, 6.07) is 8.17. The highest BCUT2D eigenvalue weighted by atomic mass is 16.6. The van der Waals surface area contributed by atoms with Crippen LogP contribution in [0, 0.1) is 0 Å². The normalized spacial score (nSPS) is 24.2. The SMILES string of the molecule is CN(C)c1ccc(CNc2ncnc3c2ncn3[C@@H]2O[C@H](CO)C(O)C2O)cc1. The van der Waals surface area contributed by atoms with Gasteiger partial charge in [0.1, 0.15) is 24.6 Å². The summed E-state index contributed by atoms with van der Waals surface area (Å²) in [5.41, 5.74) is 3.19. The van der Waals surface area contributed by atoms with Gasteiger partial charge in [-0.2, -0.15) is 0 Å². The van der Waals surface area contributed by atoms with Gasteiger partial charge in [-0.15, -0.1) is 0 Å². The zero-order chi connectivity index (χ0) is 20.5. The summed E-state index contributed by atoms with van der Waals surface area (Å²) in [5.74, 6) is 0.553. The highest BCUT2D eigenvalue weighted by Crippen LogP contribution is 2.32. The van der Waals surface area contributed by atoms with E-state index in [1.54, 1.807) is 0 Å². The van der Waals surface area contributed by atoms with Gasteiger partial charge in [0, 0.05) is 26.3 Å². The molecule has 29 heavy (non-hydrogen) atoms. The third-order valence-electron chi connectivity index (χ3n) is 5.06. The molecule has 3 aromatic rings. The number of nitrogens with zero attached hydrogens (tertiary/aromatic N) is 5. The Labute approximate surface area is 167 Å². The van der Waals surface area contributed by atoms with Crippen LogP contribution in [0.1, 0.15) is 11.8 Å². The highest BCUT2D eigenvalue weighted by Gasteiger charge is 2.44. The van der Waals surface area contributed by atoms with Crippen molar-refractivity contribution in [1.82, 2.24) is 19.5 Å². The smallest absolute Gasteiger partial charge is 0.167 e. The summed E-state index contributed by atoms with van der Waals surface area (Å²) in [4.78, 5) is 14.9. The first-order chi connectivity index (χ1) is 14.0. The average molecular weight is 400 g/mol. The van der Waals surface area contributed by atoms with Crippen LogP contribution in [-0.2, 0) is 11.3 Å². The average Bonchev–Trinajstić information content (AvgIpc) is 3.28. The molecular weight excluding hydrogens is 376 g/mol. The van der Waals surface area contributed by atoms with Gasteiger partial charge in [0.05, 0.1) is 12.9 Å². The Morgan fingerprint density at radius 1 is 1.10 bits per heavy atom. The van der Waals surface area contributed by atoms with Crippen molar-refractivity contribution < 1.29 is 20.1 Å². The molecule has 4 rings (SSSR count). The standard InChI is InChI=1S/C19H24N6O4/c1-24(2)12-5-3-11(4-6-12)7-20-17-14-18(22-9-21-17)25(10-23-14)19-16(28)15(27)13(8-26)29-19/h3-6,9-10,13,15-16,19,26-28H,7-8H2,1-2H3,(H,20,21,22)/t13-,15?,16?,19-/m1/s1. The molecule has 2 unspecified atom stereocenters. The van der Waals surface area contributed by atoms with E-state index in [0.717, 1.165) is 11.3 Å². The molecule has 0 aliphatic carbocycles. The second-order valence-corrected chi connectivity index (χ2v) is 7.19. The molecule has 0 amide bonds. The molecule has 1 aliphatic heterocycles. The molecule has 1 aliphatic rings. The number of aliphatic hydroxyl groups excluding tert-OH is 3. The van der Waals surface area contributed by atoms with Crippen LogP contribution < -0.4 is 10.2 Å². The molecule has 4 atom stereocenters. The van der Waals surface area contributed by atoms with Gasteiger partial charge in [0.25, 0.3) is 0 Å². The third-order valence-corrected chi connectivity index (χ3v) is 5.06. The number of aromatic nitrogens is 4. The second kappa shape index (κ2) is 7.91. The van der Waals surface area contributed by atoms with E-state index in [-0.39, 0.29) is 0 Å². The number of ether oxygens (including phenoxy) is 1. The van der Waals surface area contributed by atoms with E-state index in [9.17, 15) is 15.3 Å². The maximum atomic E-state index is 10.3. The highest BCUT2D eigenvalue weighted by molar-refractivity contribution is 5.82. The number of anilines is 2. The van der Waals surface area contributed by atoms with E-state index in [1.165, 1.54) is 17.2 Å². The predicted octanol–water partition coefficient (Wildman–Crippen LogP) is 0.116. The van der Waals surface area contributed by atoms with E-state index in [0.29, 0.717) is 23.5 Å². The Balaban J connectivity index is 1.55. The summed E-state index contributed by atoms with van der Waals surface area (Å²) in [6.07, 6.45) is -1.26. The van der Waals surface area contributed by atoms with Gasteiger partial charge in [-0.1, -0.05) is 12.1 Å². The molecule has 0 bridgehead atoms. The van der Waals surface area contributed by atoms with Crippen molar-refractivity contribution in [2.45, 2.75) is 31.1 Å². The molecule has 1 saturated heterocycles. The number of fused-ring (bicyclic) bond motifs is 1. The van der Waals surface area contributed by atoms with Crippen LogP contribution in [0.15, 0.2) is 36.9 Å². The zero-order valence-electron chi connectivity index (χ0n) is 16.2. The van der Waals surface area contributed by atoms with Crippen molar-refractivity contribution in [2.24, 2.45) is 0 Å². The van der Waals surface area contributed by atoms with Crippen molar-refractivity contribution in [3.05, 3.63) is 42.5 Å². The number of benzene rings is 1. The van der Waals surface area contributed by atoms with E-state index in [4.69, 9.17) is 4.74 Å². The Hall–Kier alpha value is -2.79. The summed E-state index contributed by atoms with van der Waals surface area (Å²) < 4.78 is 7.11. The number of rotatable bonds is 6. The van der Waals surface area contributed by atoms with Crippen molar-refractivity contribution in [3.8, 4) is 0 Å². The minimum Gasteiger partial charge on any atom is -0.394 e. The predicted molar refractivity (Wildman–Crippen MR) is 106 cm³/mol. The quantitative estimate of drug-likeness (QED) is 0.456. The molecule has 3 heterocycles. The molecule has 1 aromatic carbocycles. The largest absolute Gasteiger partial charge is 0.394 e. The van der Waals surface area contributed by atoms with Crippen molar-refractivity contribution >= 4 is 22.7 Å². The number of hydrogen-bond acceptors (Lipinski definition) is 9. The zero-order valence-corrected chi connectivity index (χ0v) is 16.2. The Morgan fingerprint density at radius 3 is 2.52 bits per heavy atom. The molecule has 0 saturated carbocycles. The van der Waals surface area contributed by atoms with Crippen molar-refractivity contribution in [3.63, 3.8) is 0 Å². The molecule has 154 valence electrons. The fourth-order valence-electron chi connectivity index (χ4n) is 3.38. The maximum absolute atomic E-state index is 10.3. The van der Waals surface area contributed by atoms with Crippen LogP contribution in [0.4, 0.5) is 11.5 Å². The Kier molecular flexibility index (Phi) is 5.33. The van der Waals surface area contributed by atoms with Crippen LogP contribution in [0.2, 0.25) is 0 Å². The Bertz CT molecular complexity index is 976. The number of imidazole rings is 1. The minimum absolute atomic E-state index is 0.393. The van der Waals surface area contributed by atoms with Gasteiger partial charge < -0.3 is 30.3 Å². The molecule has 1 fully saturated rings. The van der Waals surface area contributed by atoms with E-state index in [2.05, 4.69) is 20.3 Å². The van der Waals surface area contributed by atoms with Gasteiger partial charge in [-0.25, -0.2) is 15.0 Å². The maximum Gasteiger partial charge on any atom is 0.167 e. The monoisotopic (exact) mass is 400 g/mol. The summed E-state index contributed by atoms with van der Waals surface area (Å²) >= 11 is 0. The number of nitrogens with one attached hydrogen (secondary N) is 1. The fraction of sp³-hybridized carbons (Fsp3) is 0.421. The molecule has 10 heteroatoms. The first kappa shape index (κ1) is 19.5. The number of aliphatic hydroxyl groups is 3. The fourth-order valence-corrected chi connectivity index (χ4v) is 3.38. The van der Waals surface area contributed by atoms with Crippen LogP contribution in [0.25, 0.3) is 11.2 Å². The lowest BCUT2D eigenvalue weighted by molar-refractivity contribution is -0.0511. The summed E-state index contributed by atoms with van der Waals surface area (Å²) in [5, 5.41) is 32.8. The van der Waals surface area contributed by atoms with Gasteiger partial charge in [-0.05, 0) is 17.7 Å². The summed E-state index contributed by atoms with van der Waals surface area (Å²) in [7, 11) is 3.99. The van der Waals surface area contributed by atoms with Crippen LogP contribution >= 0.6 is 0 Å². The van der Waals surface area contributed by atoms with Gasteiger partial charge in [0.15, 0.2) is 23.2 Å². The van der Waals surface area contributed by atoms with E-state index in [1.807, 2.05) is 43.3 Å². The van der Waals surface area contributed by atoms with Crippen LogP contribution in [-0.4, -0.2) is 73.9 Å². The first-order valence-corrected chi connectivity index (χ1v) is 9.29. The van der Waals surface area contributed by atoms with Crippen LogP contribution in [0.3, 0.4) is 0 Å². The lowest BCUT2D eigenvalue weighted by Crippen LogP contribution is -2.33. The second-order valence-electron chi connectivity index (χ2n) is 7.19. The lowest BCUT2D eigenvalue weighted by Gasteiger charge is -2.16. The topological polar surface area (TPSA) is 129 Å². The van der Waals surface area contributed by atoms with Gasteiger partial charge in [-0.3, -0.25) is 4.57 Å². The van der Waals surface area contributed by atoms with Gasteiger partial charge >= 0.3 is 0 Å². The summed E-state index contributed by atoms with van der Waals surface area (Å²) in [6.45, 7) is 0.163. The lowest BCUT2D eigenvalue weighted by atomic mass is 10.1. The molecule has 4 N–H and O–H groups in total. The minimum atomic E-state index is -1.20. The van der Waals surface area contributed by atoms with Crippen molar-refractivity contribution in [1.29, 1.82) is 0 Å². The Morgan fingerprint density at radius 2 is 1.86 bits per heavy atom. The molecule has 2 aromatic heterocycles. The molecule has 10 nitrogen and oxygen atoms in total. The van der Waals surface area contributed by atoms with Crippen LogP contribution in [0.5, 0.6) is 0 Å². The van der Waals surface area contributed by atoms with Crippen molar-refractivity contribution in [2.75, 3.05) is 30.9 Å². The number of hydrogen-bond donors (Lipinski definition) is 4. The third kappa shape index (κ3) is 3.62. The first-order valence-electron chi connectivity index (χ1n) is 9.29. The molecular formula is C19H24N6O4. The molecule has 0 radical (unpaired) electrons.